The van der Waals surface area contributed by atoms with E-state index in [1.54, 1.807) is 6.20 Å². The molecule has 0 saturated heterocycles. The maximum atomic E-state index is 11.7. The van der Waals surface area contributed by atoms with E-state index in [-0.39, 0.29) is 6.04 Å². The van der Waals surface area contributed by atoms with Gasteiger partial charge in [0.2, 0.25) is 0 Å². The van der Waals surface area contributed by atoms with Crippen molar-refractivity contribution in [1.82, 2.24) is 10.3 Å². The lowest BCUT2D eigenvalue weighted by Crippen LogP contribution is -2.37. The SMILES string of the molecule is CC(C)(C)OC(=O)N[C@H]1CCOc2cccnc21. The Morgan fingerprint density at radius 1 is 1.56 bits per heavy atom. The fourth-order valence-corrected chi connectivity index (χ4v) is 1.80. The molecule has 98 valence electrons. The number of alkyl carbamates (subject to hydrolysis) is 1. The molecular weight excluding hydrogens is 232 g/mol. The van der Waals surface area contributed by atoms with Gasteiger partial charge in [0.05, 0.1) is 12.6 Å². The van der Waals surface area contributed by atoms with E-state index in [4.69, 9.17) is 9.47 Å². The molecule has 5 heteroatoms. The smallest absolute Gasteiger partial charge is 0.408 e. The molecule has 2 heterocycles. The zero-order valence-corrected chi connectivity index (χ0v) is 10.9. The van der Waals surface area contributed by atoms with E-state index in [1.165, 1.54) is 0 Å². The summed E-state index contributed by atoms with van der Waals surface area (Å²) < 4.78 is 10.7. The quantitative estimate of drug-likeness (QED) is 0.831. The summed E-state index contributed by atoms with van der Waals surface area (Å²) >= 11 is 0. The van der Waals surface area contributed by atoms with Gasteiger partial charge in [-0.2, -0.15) is 0 Å². The normalized spacial score (nSPS) is 18.5. The number of carbonyl (C=O) groups is 1. The Hall–Kier alpha value is -1.78. The van der Waals surface area contributed by atoms with Gasteiger partial charge in [0.25, 0.3) is 0 Å². The molecule has 1 N–H and O–H groups in total. The van der Waals surface area contributed by atoms with Gasteiger partial charge >= 0.3 is 6.09 Å². The molecule has 1 aromatic heterocycles. The first-order chi connectivity index (χ1) is 8.46. The van der Waals surface area contributed by atoms with E-state index in [1.807, 2.05) is 32.9 Å². The molecule has 0 spiro atoms. The number of rotatable bonds is 1. The van der Waals surface area contributed by atoms with Crippen molar-refractivity contribution < 1.29 is 14.3 Å². The zero-order valence-electron chi connectivity index (χ0n) is 10.9. The van der Waals surface area contributed by atoms with Gasteiger partial charge in [0, 0.05) is 12.6 Å². The minimum Gasteiger partial charge on any atom is -0.491 e. The van der Waals surface area contributed by atoms with Crippen LogP contribution in [-0.2, 0) is 4.74 Å². The van der Waals surface area contributed by atoms with Crippen molar-refractivity contribution in [3.63, 3.8) is 0 Å². The highest BCUT2D eigenvalue weighted by molar-refractivity contribution is 5.68. The Morgan fingerprint density at radius 3 is 3.06 bits per heavy atom. The van der Waals surface area contributed by atoms with Crippen molar-refractivity contribution in [2.24, 2.45) is 0 Å². The van der Waals surface area contributed by atoms with Crippen LogP contribution in [0.3, 0.4) is 0 Å². The van der Waals surface area contributed by atoms with E-state index in [0.717, 1.165) is 11.4 Å². The molecule has 0 fully saturated rings. The Balaban J connectivity index is 2.05. The van der Waals surface area contributed by atoms with Crippen LogP contribution in [0.4, 0.5) is 4.79 Å². The van der Waals surface area contributed by atoms with E-state index in [0.29, 0.717) is 13.0 Å². The maximum Gasteiger partial charge on any atom is 0.408 e. The first-order valence-corrected chi connectivity index (χ1v) is 6.03. The number of hydrogen-bond acceptors (Lipinski definition) is 4. The number of amides is 1. The van der Waals surface area contributed by atoms with Gasteiger partial charge in [-0.15, -0.1) is 0 Å². The predicted molar refractivity (Wildman–Crippen MR) is 66.5 cm³/mol. The highest BCUT2D eigenvalue weighted by Gasteiger charge is 2.26. The van der Waals surface area contributed by atoms with Crippen molar-refractivity contribution in [2.75, 3.05) is 6.61 Å². The average Bonchev–Trinajstić information content (AvgIpc) is 2.27. The van der Waals surface area contributed by atoms with Crippen molar-refractivity contribution >= 4 is 6.09 Å². The second kappa shape index (κ2) is 4.84. The van der Waals surface area contributed by atoms with Gasteiger partial charge in [0.15, 0.2) is 0 Å². The number of fused-ring (bicyclic) bond motifs is 1. The van der Waals surface area contributed by atoms with E-state index in [2.05, 4.69) is 10.3 Å². The lowest BCUT2D eigenvalue weighted by molar-refractivity contribution is 0.0489. The van der Waals surface area contributed by atoms with Gasteiger partial charge in [0.1, 0.15) is 17.0 Å². The van der Waals surface area contributed by atoms with Crippen LogP contribution in [0.2, 0.25) is 0 Å². The van der Waals surface area contributed by atoms with Crippen LogP contribution in [-0.4, -0.2) is 23.3 Å². The summed E-state index contributed by atoms with van der Waals surface area (Å²) in [5.41, 5.74) is 0.261. The molecule has 18 heavy (non-hydrogen) atoms. The topological polar surface area (TPSA) is 60.5 Å². The molecule has 0 aromatic carbocycles. The Labute approximate surface area is 107 Å². The van der Waals surface area contributed by atoms with Crippen molar-refractivity contribution in [3.05, 3.63) is 24.0 Å². The highest BCUT2D eigenvalue weighted by Crippen LogP contribution is 2.29. The molecule has 0 bridgehead atoms. The van der Waals surface area contributed by atoms with Crippen LogP contribution >= 0.6 is 0 Å². The molecule has 0 radical (unpaired) electrons. The molecule has 5 nitrogen and oxygen atoms in total. The summed E-state index contributed by atoms with van der Waals surface area (Å²) in [6.07, 6.45) is 1.96. The number of carbonyl (C=O) groups excluding carboxylic acids is 1. The second-order valence-electron chi connectivity index (χ2n) is 5.22. The van der Waals surface area contributed by atoms with Gasteiger partial charge in [-0.3, -0.25) is 4.98 Å². The van der Waals surface area contributed by atoms with E-state index in [9.17, 15) is 4.79 Å². The van der Waals surface area contributed by atoms with Crippen LogP contribution in [0.15, 0.2) is 18.3 Å². The summed E-state index contributed by atoms with van der Waals surface area (Å²) in [4.78, 5) is 16.0. The summed E-state index contributed by atoms with van der Waals surface area (Å²) in [5.74, 6) is 0.727. The molecule has 1 amide bonds. The number of nitrogens with zero attached hydrogens (tertiary/aromatic N) is 1. The van der Waals surface area contributed by atoms with Crippen molar-refractivity contribution in [3.8, 4) is 5.75 Å². The molecule has 1 atom stereocenters. The first kappa shape index (κ1) is 12.7. The molecule has 1 aliphatic heterocycles. The molecule has 1 aliphatic rings. The first-order valence-electron chi connectivity index (χ1n) is 6.03. The summed E-state index contributed by atoms with van der Waals surface area (Å²) in [7, 11) is 0. The maximum absolute atomic E-state index is 11.7. The van der Waals surface area contributed by atoms with Gasteiger partial charge in [-0.1, -0.05) is 0 Å². The third-order valence-electron chi connectivity index (χ3n) is 2.48. The molecule has 0 aliphatic carbocycles. The lowest BCUT2D eigenvalue weighted by Gasteiger charge is -2.27. The third kappa shape index (κ3) is 3.12. The largest absolute Gasteiger partial charge is 0.491 e. The molecule has 2 rings (SSSR count). The number of aromatic nitrogens is 1. The molecule has 0 unspecified atom stereocenters. The van der Waals surface area contributed by atoms with Crippen molar-refractivity contribution in [2.45, 2.75) is 38.8 Å². The van der Waals surface area contributed by atoms with Crippen LogP contribution in [0, 0.1) is 0 Å². The Morgan fingerprint density at radius 2 is 2.33 bits per heavy atom. The second-order valence-corrected chi connectivity index (χ2v) is 5.22. The van der Waals surface area contributed by atoms with Gasteiger partial charge in [-0.25, -0.2) is 4.79 Å². The molecule has 1 aromatic rings. The minimum absolute atomic E-state index is 0.148. The number of nitrogens with one attached hydrogen (secondary N) is 1. The monoisotopic (exact) mass is 250 g/mol. The van der Waals surface area contributed by atoms with Crippen LogP contribution in [0.1, 0.15) is 38.9 Å². The zero-order chi connectivity index (χ0) is 13.2. The van der Waals surface area contributed by atoms with Crippen LogP contribution < -0.4 is 10.1 Å². The number of hydrogen-bond donors (Lipinski definition) is 1. The van der Waals surface area contributed by atoms with Crippen LogP contribution in [0.5, 0.6) is 5.75 Å². The third-order valence-corrected chi connectivity index (χ3v) is 2.48. The Bertz CT molecular complexity index is 440. The number of ether oxygens (including phenoxy) is 2. The predicted octanol–water partition coefficient (Wildman–Crippen LogP) is 2.43. The van der Waals surface area contributed by atoms with Gasteiger partial charge in [-0.05, 0) is 32.9 Å². The fraction of sp³-hybridized carbons (Fsp3) is 0.538. The average molecular weight is 250 g/mol. The lowest BCUT2D eigenvalue weighted by atomic mass is 10.1. The van der Waals surface area contributed by atoms with Gasteiger partial charge < -0.3 is 14.8 Å². The Kier molecular flexibility index (Phi) is 3.41. The summed E-state index contributed by atoms with van der Waals surface area (Å²) in [6.45, 7) is 6.08. The minimum atomic E-state index is -0.498. The summed E-state index contributed by atoms with van der Waals surface area (Å²) in [5, 5.41) is 2.83. The standard InChI is InChI=1S/C13H18N2O3/c1-13(2,3)18-12(16)15-9-6-8-17-10-5-4-7-14-11(9)10/h4-5,7,9H,6,8H2,1-3H3,(H,15,16)/t9-/m0/s1. The van der Waals surface area contributed by atoms with Crippen LogP contribution in [0.25, 0.3) is 0 Å². The highest BCUT2D eigenvalue weighted by atomic mass is 16.6. The van der Waals surface area contributed by atoms with E-state index < -0.39 is 11.7 Å². The molecular formula is C13H18N2O3. The van der Waals surface area contributed by atoms with Crippen molar-refractivity contribution in [1.29, 1.82) is 0 Å². The summed E-state index contributed by atoms with van der Waals surface area (Å²) in [6, 6.07) is 3.52. The number of pyridine rings is 1. The molecule has 0 saturated carbocycles. The van der Waals surface area contributed by atoms with E-state index >= 15 is 0 Å². The fourth-order valence-electron chi connectivity index (χ4n) is 1.80.